The minimum absolute atomic E-state index is 0.107. The summed E-state index contributed by atoms with van der Waals surface area (Å²) in [7, 11) is 0. The SMILES string of the molecule is Cc1cccc(C)c1OCc1cc(C#CCO)cs1. The fraction of sp³-hybridized carbons (Fsp3) is 0.250. The monoisotopic (exact) mass is 272 g/mol. The van der Waals surface area contributed by atoms with Crippen molar-refractivity contribution in [1.82, 2.24) is 0 Å². The quantitative estimate of drug-likeness (QED) is 0.869. The molecule has 0 aliphatic carbocycles. The van der Waals surface area contributed by atoms with Gasteiger partial charge in [0.2, 0.25) is 0 Å². The summed E-state index contributed by atoms with van der Waals surface area (Å²) in [5, 5.41) is 10.6. The summed E-state index contributed by atoms with van der Waals surface area (Å²) in [5.74, 6) is 6.49. The molecule has 0 atom stereocenters. The molecule has 2 rings (SSSR count). The molecule has 0 bridgehead atoms. The standard InChI is InChI=1S/C16H16O2S/c1-12-5-3-6-13(2)16(12)18-10-15-9-14(11-19-15)7-4-8-17/h3,5-6,9,11,17H,8,10H2,1-2H3. The maximum absolute atomic E-state index is 8.65. The van der Waals surface area contributed by atoms with Gasteiger partial charge in [-0.05, 0) is 31.0 Å². The molecule has 0 amide bonds. The zero-order chi connectivity index (χ0) is 13.7. The number of benzene rings is 1. The van der Waals surface area contributed by atoms with Crippen molar-refractivity contribution in [3.8, 4) is 17.6 Å². The molecule has 1 aromatic heterocycles. The van der Waals surface area contributed by atoms with Crippen molar-refractivity contribution in [2.75, 3.05) is 6.61 Å². The van der Waals surface area contributed by atoms with Crippen LogP contribution in [0.5, 0.6) is 5.75 Å². The number of hydrogen-bond donors (Lipinski definition) is 1. The summed E-state index contributed by atoms with van der Waals surface area (Å²) in [6.45, 7) is 4.55. The van der Waals surface area contributed by atoms with Crippen LogP contribution in [0.1, 0.15) is 21.6 Å². The average molecular weight is 272 g/mol. The van der Waals surface area contributed by atoms with Crippen LogP contribution in [0.3, 0.4) is 0 Å². The largest absolute Gasteiger partial charge is 0.488 e. The van der Waals surface area contributed by atoms with E-state index in [2.05, 4.69) is 37.8 Å². The Morgan fingerprint density at radius 1 is 1.26 bits per heavy atom. The summed E-state index contributed by atoms with van der Waals surface area (Å²) < 4.78 is 5.88. The lowest BCUT2D eigenvalue weighted by Gasteiger charge is -2.10. The van der Waals surface area contributed by atoms with Crippen LogP contribution < -0.4 is 4.74 Å². The van der Waals surface area contributed by atoms with Gasteiger partial charge in [-0.25, -0.2) is 0 Å². The fourth-order valence-electron chi connectivity index (χ4n) is 1.83. The summed E-state index contributed by atoms with van der Waals surface area (Å²) in [6.07, 6.45) is 0. The van der Waals surface area contributed by atoms with E-state index in [9.17, 15) is 0 Å². The third-order valence-corrected chi connectivity index (χ3v) is 3.64. The maximum atomic E-state index is 8.65. The van der Waals surface area contributed by atoms with Crippen molar-refractivity contribution >= 4 is 11.3 Å². The highest BCUT2D eigenvalue weighted by Crippen LogP contribution is 2.24. The van der Waals surface area contributed by atoms with Crippen LogP contribution >= 0.6 is 11.3 Å². The number of aryl methyl sites for hydroxylation is 2. The van der Waals surface area contributed by atoms with Gasteiger partial charge in [-0.15, -0.1) is 11.3 Å². The van der Waals surface area contributed by atoms with Crippen LogP contribution in [0, 0.1) is 25.7 Å². The lowest BCUT2D eigenvalue weighted by atomic mass is 10.1. The Hall–Kier alpha value is -1.76. The highest BCUT2D eigenvalue weighted by molar-refractivity contribution is 7.10. The van der Waals surface area contributed by atoms with Crippen LogP contribution in [0.25, 0.3) is 0 Å². The molecule has 0 unspecified atom stereocenters. The Labute approximate surface area is 117 Å². The Morgan fingerprint density at radius 2 is 2.00 bits per heavy atom. The molecular weight excluding hydrogens is 256 g/mol. The van der Waals surface area contributed by atoms with Crippen molar-refractivity contribution in [3.63, 3.8) is 0 Å². The van der Waals surface area contributed by atoms with Gasteiger partial charge in [0, 0.05) is 15.8 Å². The molecule has 2 nitrogen and oxygen atoms in total. The van der Waals surface area contributed by atoms with Gasteiger partial charge < -0.3 is 9.84 Å². The maximum Gasteiger partial charge on any atom is 0.125 e. The molecule has 0 saturated carbocycles. The molecule has 19 heavy (non-hydrogen) atoms. The fourth-order valence-corrected chi connectivity index (χ4v) is 2.56. The van der Waals surface area contributed by atoms with E-state index in [1.54, 1.807) is 11.3 Å². The first kappa shape index (κ1) is 13.7. The van der Waals surface area contributed by atoms with Gasteiger partial charge in [0.15, 0.2) is 0 Å². The second kappa shape index (κ2) is 6.42. The first-order chi connectivity index (χ1) is 9.20. The molecule has 0 aliphatic rings. The Morgan fingerprint density at radius 3 is 2.68 bits per heavy atom. The highest BCUT2D eigenvalue weighted by atomic mass is 32.1. The van der Waals surface area contributed by atoms with Crippen molar-refractivity contribution < 1.29 is 9.84 Å². The average Bonchev–Trinajstić information content (AvgIpc) is 2.84. The second-order valence-corrected chi connectivity index (χ2v) is 5.27. The predicted octanol–water partition coefficient (Wildman–Crippen LogP) is 3.29. The molecule has 0 fully saturated rings. The van der Waals surface area contributed by atoms with E-state index < -0.39 is 0 Å². The van der Waals surface area contributed by atoms with Gasteiger partial charge in [-0.1, -0.05) is 30.0 Å². The number of aliphatic hydroxyl groups is 1. The van der Waals surface area contributed by atoms with Crippen LogP contribution in [0.15, 0.2) is 29.6 Å². The number of thiophene rings is 1. The van der Waals surface area contributed by atoms with Gasteiger partial charge in [0.25, 0.3) is 0 Å². The van der Waals surface area contributed by atoms with Crippen molar-refractivity contribution in [2.45, 2.75) is 20.5 Å². The van der Waals surface area contributed by atoms with Gasteiger partial charge >= 0.3 is 0 Å². The zero-order valence-electron chi connectivity index (χ0n) is 11.1. The molecule has 3 heteroatoms. The highest BCUT2D eigenvalue weighted by Gasteiger charge is 2.04. The van der Waals surface area contributed by atoms with Crippen molar-refractivity contribution in [1.29, 1.82) is 0 Å². The van der Waals surface area contributed by atoms with E-state index in [1.807, 2.05) is 17.5 Å². The number of hydrogen-bond acceptors (Lipinski definition) is 3. The summed E-state index contributed by atoms with van der Waals surface area (Å²) in [6, 6.07) is 8.13. The first-order valence-electron chi connectivity index (χ1n) is 6.07. The topological polar surface area (TPSA) is 29.5 Å². The number of para-hydroxylation sites is 1. The number of ether oxygens (including phenoxy) is 1. The van der Waals surface area contributed by atoms with Crippen LogP contribution in [-0.2, 0) is 6.61 Å². The van der Waals surface area contributed by atoms with Gasteiger partial charge in [-0.3, -0.25) is 0 Å². The van der Waals surface area contributed by atoms with E-state index in [-0.39, 0.29) is 6.61 Å². The van der Waals surface area contributed by atoms with E-state index in [0.29, 0.717) is 6.61 Å². The summed E-state index contributed by atoms with van der Waals surface area (Å²) in [4.78, 5) is 1.13. The molecule has 1 heterocycles. The first-order valence-corrected chi connectivity index (χ1v) is 6.95. The number of aliphatic hydroxyl groups excluding tert-OH is 1. The molecule has 0 radical (unpaired) electrons. The molecule has 0 aliphatic heterocycles. The zero-order valence-corrected chi connectivity index (χ0v) is 11.9. The van der Waals surface area contributed by atoms with Crippen LogP contribution in [-0.4, -0.2) is 11.7 Å². The summed E-state index contributed by atoms with van der Waals surface area (Å²) >= 11 is 1.62. The molecule has 98 valence electrons. The minimum Gasteiger partial charge on any atom is -0.488 e. The molecule has 0 spiro atoms. The summed E-state index contributed by atoms with van der Waals surface area (Å²) in [5.41, 5.74) is 3.23. The molecule has 1 N–H and O–H groups in total. The molecule has 0 saturated heterocycles. The van der Waals surface area contributed by atoms with E-state index in [4.69, 9.17) is 9.84 Å². The third-order valence-electron chi connectivity index (χ3n) is 2.73. The van der Waals surface area contributed by atoms with Gasteiger partial charge in [-0.2, -0.15) is 0 Å². The smallest absolute Gasteiger partial charge is 0.125 e. The predicted molar refractivity (Wildman–Crippen MR) is 78.5 cm³/mol. The van der Waals surface area contributed by atoms with Crippen molar-refractivity contribution in [3.05, 3.63) is 51.2 Å². The van der Waals surface area contributed by atoms with E-state index >= 15 is 0 Å². The van der Waals surface area contributed by atoms with Gasteiger partial charge in [0.1, 0.15) is 19.0 Å². The third kappa shape index (κ3) is 3.60. The number of rotatable bonds is 3. The van der Waals surface area contributed by atoms with E-state index in [0.717, 1.165) is 27.3 Å². The van der Waals surface area contributed by atoms with Gasteiger partial charge in [0.05, 0.1) is 0 Å². The normalized spacial score (nSPS) is 9.84. The molecular formula is C16H16O2S. The Balaban J connectivity index is 2.04. The van der Waals surface area contributed by atoms with Crippen LogP contribution in [0.2, 0.25) is 0 Å². The Kier molecular flexibility index (Phi) is 4.62. The lowest BCUT2D eigenvalue weighted by molar-refractivity contribution is 0.305. The lowest BCUT2D eigenvalue weighted by Crippen LogP contribution is -1.97. The molecule has 2 aromatic rings. The van der Waals surface area contributed by atoms with Crippen molar-refractivity contribution in [2.24, 2.45) is 0 Å². The molecule has 1 aromatic carbocycles. The Bertz CT molecular complexity index is 597. The minimum atomic E-state index is -0.107. The van der Waals surface area contributed by atoms with Crippen LogP contribution in [0.4, 0.5) is 0 Å². The second-order valence-electron chi connectivity index (χ2n) is 4.27. The van der Waals surface area contributed by atoms with E-state index in [1.165, 1.54) is 0 Å².